The van der Waals surface area contributed by atoms with E-state index in [-0.39, 0.29) is 12.0 Å². The van der Waals surface area contributed by atoms with Gasteiger partial charge >= 0.3 is 0 Å². The maximum absolute atomic E-state index is 12.7. The van der Waals surface area contributed by atoms with Gasteiger partial charge in [0.2, 0.25) is 0 Å². The summed E-state index contributed by atoms with van der Waals surface area (Å²) < 4.78 is 5.95. The molecule has 4 heteroatoms. The van der Waals surface area contributed by atoms with Crippen LogP contribution < -0.4 is 15.0 Å². The van der Waals surface area contributed by atoms with E-state index in [1.54, 1.807) is 0 Å². The highest BCUT2D eigenvalue weighted by Crippen LogP contribution is 2.28. The Morgan fingerprint density at radius 1 is 1.17 bits per heavy atom. The second-order valence-electron chi connectivity index (χ2n) is 6.52. The summed E-state index contributed by atoms with van der Waals surface area (Å²) in [4.78, 5) is 14.7. The minimum atomic E-state index is -0.137. The number of carbonyl (C=O) groups is 1. The van der Waals surface area contributed by atoms with Crippen LogP contribution >= 0.6 is 0 Å². The van der Waals surface area contributed by atoms with E-state index in [9.17, 15) is 4.79 Å². The highest BCUT2D eigenvalue weighted by atomic mass is 16.5. The fourth-order valence-electron chi connectivity index (χ4n) is 2.86. The maximum Gasteiger partial charge on any atom is 0.259 e. The van der Waals surface area contributed by atoms with Gasteiger partial charge in [0.1, 0.15) is 5.75 Å². The van der Waals surface area contributed by atoms with Gasteiger partial charge in [-0.15, -0.1) is 0 Å². The van der Waals surface area contributed by atoms with Crippen LogP contribution in [0, 0.1) is 6.92 Å². The highest BCUT2D eigenvalue weighted by molar-refractivity contribution is 6.06. The number of benzene rings is 2. The number of para-hydroxylation sites is 1. The van der Waals surface area contributed by atoms with Gasteiger partial charge in [-0.05, 0) is 62.1 Å². The van der Waals surface area contributed by atoms with Crippen molar-refractivity contribution in [1.29, 1.82) is 0 Å². The van der Waals surface area contributed by atoms with Crippen molar-refractivity contribution in [1.82, 2.24) is 0 Å². The third-order valence-electron chi connectivity index (χ3n) is 4.41. The fourth-order valence-corrected chi connectivity index (χ4v) is 2.86. The van der Waals surface area contributed by atoms with E-state index in [0.29, 0.717) is 11.3 Å². The zero-order valence-electron chi connectivity index (χ0n) is 14.5. The van der Waals surface area contributed by atoms with Gasteiger partial charge in [0.05, 0.1) is 11.7 Å². The van der Waals surface area contributed by atoms with E-state index in [4.69, 9.17) is 4.74 Å². The summed E-state index contributed by atoms with van der Waals surface area (Å²) in [7, 11) is 4.02. The highest BCUT2D eigenvalue weighted by Gasteiger charge is 2.22. The lowest BCUT2D eigenvalue weighted by atomic mass is 9.96. The predicted molar refractivity (Wildman–Crippen MR) is 98.2 cm³/mol. The molecule has 0 saturated heterocycles. The monoisotopic (exact) mass is 324 g/mol. The van der Waals surface area contributed by atoms with E-state index in [2.05, 4.69) is 10.2 Å². The van der Waals surface area contributed by atoms with Crippen molar-refractivity contribution in [3.63, 3.8) is 0 Å². The van der Waals surface area contributed by atoms with Crippen LogP contribution in [-0.2, 0) is 0 Å². The Hall–Kier alpha value is -2.49. The van der Waals surface area contributed by atoms with Gasteiger partial charge in [-0.1, -0.05) is 12.1 Å². The minimum Gasteiger partial charge on any atom is -0.490 e. The van der Waals surface area contributed by atoms with Gasteiger partial charge < -0.3 is 15.0 Å². The van der Waals surface area contributed by atoms with E-state index in [0.717, 1.165) is 29.8 Å². The molecular formula is C20H24N2O2. The van der Waals surface area contributed by atoms with Crippen molar-refractivity contribution in [3.05, 3.63) is 53.6 Å². The number of aryl methyl sites for hydroxylation is 1. The first-order valence-corrected chi connectivity index (χ1v) is 8.39. The Morgan fingerprint density at radius 2 is 1.92 bits per heavy atom. The molecule has 0 heterocycles. The molecule has 126 valence electrons. The topological polar surface area (TPSA) is 41.6 Å². The van der Waals surface area contributed by atoms with E-state index in [1.165, 1.54) is 6.42 Å². The molecule has 0 aromatic heterocycles. The number of rotatable bonds is 5. The molecule has 1 fully saturated rings. The van der Waals surface area contributed by atoms with E-state index < -0.39 is 0 Å². The number of hydrogen-bond donors (Lipinski definition) is 1. The van der Waals surface area contributed by atoms with Crippen LogP contribution in [0.4, 0.5) is 11.4 Å². The zero-order valence-corrected chi connectivity index (χ0v) is 14.5. The summed E-state index contributed by atoms with van der Waals surface area (Å²) in [6.07, 6.45) is 3.60. The summed E-state index contributed by atoms with van der Waals surface area (Å²) in [5, 5.41) is 2.98. The standard InChI is InChI=1S/C20H24N2O2/c1-14-13-15(11-12-18(14)22(2)3)21-20(23)17-9-4-5-10-19(17)24-16-7-6-8-16/h4-5,9-13,16H,6-8H2,1-3H3,(H,21,23). The molecule has 1 saturated carbocycles. The first-order valence-electron chi connectivity index (χ1n) is 8.39. The maximum atomic E-state index is 12.7. The van der Waals surface area contributed by atoms with E-state index >= 15 is 0 Å². The van der Waals surface area contributed by atoms with Crippen molar-refractivity contribution in [2.45, 2.75) is 32.3 Å². The Labute approximate surface area is 143 Å². The number of carbonyl (C=O) groups excluding carboxylic acids is 1. The van der Waals surface area contributed by atoms with Crippen LogP contribution in [0.25, 0.3) is 0 Å². The van der Waals surface area contributed by atoms with Gasteiger partial charge in [0.25, 0.3) is 5.91 Å². The number of nitrogens with one attached hydrogen (secondary N) is 1. The third kappa shape index (κ3) is 3.53. The van der Waals surface area contributed by atoms with Gasteiger partial charge in [0.15, 0.2) is 0 Å². The number of ether oxygens (including phenoxy) is 1. The third-order valence-corrected chi connectivity index (χ3v) is 4.41. The molecule has 0 unspecified atom stereocenters. The largest absolute Gasteiger partial charge is 0.490 e. The molecule has 3 rings (SSSR count). The minimum absolute atomic E-state index is 0.137. The SMILES string of the molecule is Cc1cc(NC(=O)c2ccccc2OC2CCC2)ccc1N(C)C. The second-order valence-corrected chi connectivity index (χ2v) is 6.52. The first-order chi connectivity index (χ1) is 11.5. The fraction of sp³-hybridized carbons (Fsp3) is 0.350. The van der Waals surface area contributed by atoms with Crippen molar-refractivity contribution in [2.75, 3.05) is 24.3 Å². The molecule has 1 aliphatic carbocycles. The van der Waals surface area contributed by atoms with Gasteiger partial charge in [-0.3, -0.25) is 4.79 Å². The molecule has 1 N–H and O–H groups in total. The number of nitrogens with zero attached hydrogens (tertiary/aromatic N) is 1. The van der Waals surface area contributed by atoms with Gasteiger partial charge in [-0.2, -0.15) is 0 Å². The summed E-state index contributed by atoms with van der Waals surface area (Å²) in [5.74, 6) is 0.531. The molecule has 0 bridgehead atoms. The average molecular weight is 324 g/mol. The summed E-state index contributed by atoms with van der Waals surface area (Å²) in [6.45, 7) is 2.04. The molecule has 24 heavy (non-hydrogen) atoms. The normalized spacial score (nSPS) is 14.0. The lowest BCUT2D eigenvalue weighted by Crippen LogP contribution is -2.26. The second kappa shape index (κ2) is 6.95. The van der Waals surface area contributed by atoms with Crippen molar-refractivity contribution in [2.24, 2.45) is 0 Å². The Bertz CT molecular complexity index is 736. The first kappa shape index (κ1) is 16.4. The summed E-state index contributed by atoms with van der Waals surface area (Å²) >= 11 is 0. The summed E-state index contributed by atoms with van der Waals surface area (Å²) in [6, 6.07) is 13.4. The van der Waals surface area contributed by atoms with Crippen LogP contribution in [-0.4, -0.2) is 26.1 Å². The van der Waals surface area contributed by atoms with Crippen LogP contribution in [0.5, 0.6) is 5.75 Å². The number of anilines is 2. The molecule has 4 nitrogen and oxygen atoms in total. The van der Waals surface area contributed by atoms with Crippen LogP contribution in [0.15, 0.2) is 42.5 Å². The summed E-state index contributed by atoms with van der Waals surface area (Å²) in [5.41, 5.74) is 3.64. The molecule has 1 aliphatic rings. The van der Waals surface area contributed by atoms with E-state index in [1.807, 2.05) is 63.5 Å². The Kier molecular flexibility index (Phi) is 4.74. The average Bonchev–Trinajstić information content (AvgIpc) is 2.51. The van der Waals surface area contributed by atoms with Crippen LogP contribution in [0.2, 0.25) is 0 Å². The lowest BCUT2D eigenvalue weighted by molar-refractivity contribution is 0.0992. The molecule has 0 atom stereocenters. The Morgan fingerprint density at radius 3 is 2.54 bits per heavy atom. The molecule has 0 radical (unpaired) electrons. The van der Waals surface area contributed by atoms with Crippen LogP contribution in [0.3, 0.4) is 0 Å². The smallest absolute Gasteiger partial charge is 0.259 e. The van der Waals surface area contributed by atoms with Gasteiger partial charge in [0, 0.05) is 25.5 Å². The molecule has 2 aromatic carbocycles. The Balaban J connectivity index is 1.76. The molecule has 0 spiro atoms. The quantitative estimate of drug-likeness (QED) is 0.894. The molecule has 2 aromatic rings. The molecule has 1 amide bonds. The zero-order chi connectivity index (χ0) is 17.1. The number of hydrogen-bond acceptors (Lipinski definition) is 3. The molecule has 0 aliphatic heterocycles. The van der Waals surface area contributed by atoms with Crippen molar-refractivity contribution in [3.8, 4) is 5.75 Å². The number of amides is 1. The molecular weight excluding hydrogens is 300 g/mol. The van der Waals surface area contributed by atoms with Crippen LogP contribution in [0.1, 0.15) is 35.2 Å². The van der Waals surface area contributed by atoms with Crippen molar-refractivity contribution < 1.29 is 9.53 Å². The predicted octanol–water partition coefficient (Wildman–Crippen LogP) is 4.24. The van der Waals surface area contributed by atoms with Gasteiger partial charge in [-0.25, -0.2) is 0 Å². The lowest BCUT2D eigenvalue weighted by Gasteiger charge is -2.27. The van der Waals surface area contributed by atoms with Crippen molar-refractivity contribution >= 4 is 17.3 Å².